The van der Waals surface area contributed by atoms with Gasteiger partial charge in [-0.05, 0) is 37.5 Å². The van der Waals surface area contributed by atoms with Gasteiger partial charge in [0, 0.05) is 7.11 Å². The Labute approximate surface area is 86.3 Å². The first kappa shape index (κ1) is 10.2. The van der Waals surface area contributed by atoms with Crippen molar-refractivity contribution in [2.45, 2.75) is 25.9 Å². The molecule has 2 aliphatic rings. The fraction of sp³-hybridized carbons (Fsp3) is 0.833. The van der Waals surface area contributed by atoms with Crippen LogP contribution < -0.4 is 0 Å². The molecule has 0 aliphatic heterocycles. The third-order valence-corrected chi connectivity index (χ3v) is 3.50. The van der Waals surface area contributed by atoms with Gasteiger partial charge in [0.1, 0.15) is 0 Å². The molecular formula is C12H20O2. The van der Waals surface area contributed by atoms with Crippen LogP contribution in [0.3, 0.4) is 0 Å². The number of hydrogen-bond acceptors (Lipinski definition) is 2. The first-order valence-electron chi connectivity index (χ1n) is 5.58. The Morgan fingerprint density at radius 1 is 1.36 bits per heavy atom. The third-order valence-electron chi connectivity index (χ3n) is 3.50. The maximum absolute atomic E-state index is 5.66. The van der Waals surface area contributed by atoms with Crippen LogP contribution in [0.25, 0.3) is 0 Å². The maximum atomic E-state index is 5.66. The Balaban J connectivity index is 1.65. The molecule has 2 rings (SSSR count). The van der Waals surface area contributed by atoms with Gasteiger partial charge in [0.15, 0.2) is 0 Å². The average Bonchev–Trinajstić information content (AvgIpc) is 2.79. The standard InChI is InChI=1S/C12H20O2/c1-9(13-2)7-14-8-12-6-10-3-4-11(12)5-10/h3-4,9-12H,5-8H2,1-2H3. The van der Waals surface area contributed by atoms with Gasteiger partial charge in [-0.25, -0.2) is 0 Å². The highest BCUT2D eigenvalue weighted by atomic mass is 16.5. The van der Waals surface area contributed by atoms with Crippen molar-refractivity contribution < 1.29 is 9.47 Å². The van der Waals surface area contributed by atoms with Crippen LogP contribution in [0, 0.1) is 17.8 Å². The zero-order valence-corrected chi connectivity index (χ0v) is 9.11. The zero-order valence-electron chi connectivity index (χ0n) is 9.11. The second kappa shape index (κ2) is 4.45. The summed E-state index contributed by atoms with van der Waals surface area (Å²) in [4.78, 5) is 0. The molecule has 2 bridgehead atoms. The predicted octanol–water partition coefficient (Wildman–Crippen LogP) is 2.25. The van der Waals surface area contributed by atoms with E-state index >= 15 is 0 Å². The maximum Gasteiger partial charge on any atom is 0.0776 e. The second-order valence-corrected chi connectivity index (χ2v) is 4.62. The lowest BCUT2D eigenvalue weighted by Gasteiger charge is -2.19. The fourth-order valence-electron chi connectivity index (χ4n) is 2.54. The number of fused-ring (bicyclic) bond motifs is 2. The normalized spacial score (nSPS) is 36.6. The molecule has 1 saturated carbocycles. The molecule has 0 spiro atoms. The van der Waals surface area contributed by atoms with Crippen LogP contribution in [0.15, 0.2) is 12.2 Å². The quantitative estimate of drug-likeness (QED) is 0.628. The van der Waals surface area contributed by atoms with Gasteiger partial charge in [-0.1, -0.05) is 12.2 Å². The Hall–Kier alpha value is -0.340. The molecule has 4 unspecified atom stereocenters. The van der Waals surface area contributed by atoms with Crippen LogP contribution >= 0.6 is 0 Å². The molecule has 0 aromatic heterocycles. The molecule has 0 aromatic rings. The highest BCUT2D eigenvalue weighted by molar-refractivity contribution is 5.09. The lowest BCUT2D eigenvalue weighted by Crippen LogP contribution is -2.20. The smallest absolute Gasteiger partial charge is 0.0776 e. The van der Waals surface area contributed by atoms with Crippen molar-refractivity contribution in [1.82, 2.24) is 0 Å². The molecule has 14 heavy (non-hydrogen) atoms. The summed E-state index contributed by atoms with van der Waals surface area (Å²) in [6.07, 6.45) is 7.68. The van der Waals surface area contributed by atoms with E-state index in [9.17, 15) is 0 Å². The summed E-state index contributed by atoms with van der Waals surface area (Å²) >= 11 is 0. The van der Waals surface area contributed by atoms with Crippen molar-refractivity contribution >= 4 is 0 Å². The second-order valence-electron chi connectivity index (χ2n) is 4.62. The highest BCUT2D eigenvalue weighted by Gasteiger charge is 2.35. The van der Waals surface area contributed by atoms with E-state index in [-0.39, 0.29) is 6.10 Å². The zero-order chi connectivity index (χ0) is 9.97. The van der Waals surface area contributed by atoms with Gasteiger partial charge in [-0.2, -0.15) is 0 Å². The van der Waals surface area contributed by atoms with E-state index in [4.69, 9.17) is 9.47 Å². The van der Waals surface area contributed by atoms with Crippen molar-refractivity contribution in [3.05, 3.63) is 12.2 Å². The molecule has 2 heteroatoms. The van der Waals surface area contributed by atoms with Gasteiger partial charge in [0.25, 0.3) is 0 Å². The largest absolute Gasteiger partial charge is 0.379 e. The molecule has 1 fully saturated rings. The number of rotatable bonds is 5. The van der Waals surface area contributed by atoms with Gasteiger partial charge in [0.05, 0.1) is 19.3 Å². The van der Waals surface area contributed by atoms with Crippen LogP contribution in [0.1, 0.15) is 19.8 Å². The minimum absolute atomic E-state index is 0.226. The van der Waals surface area contributed by atoms with Gasteiger partial charge >= 0.3 is 0 Å². The molecule has 80 valence electrons. The van der Waals surface area contributed by atoms with E-state index in [1.807, 2.05) is 6.92 Å². The first-order chi connectivity index (χ1) is 6.79. The molecular weight excluding hydrogens is 176 g/mol. The highest BCUT2D eigenvalue weighted by Crippen LogP contribution is 2.43. The summed E-state index contributed by atoms with van der Waals surface area (Å²) in [5, 5.41) is 0. The SMILES string of the molecule is COC(C)COCC1CC2C=CC1C2. The summed E-state index contributed by atoms with van der Waals surface area (Å²) in [5.74, 6) is 2.43. The van der Waals surface area contributed by atoms with E-state index < -0.39 is 0 Å². The van der Waals surface area contributed by atoms with Crippen LogP contribution in [0.2, 0.25) is 0 Å². The molecule has 2 aliphatic carbocycles. The third kappa shape index (κ3) is 2.18. The summed E-state index contributed by atoms with van der Waals surface area (Å²) in [7, 11) is 1.73. The predicted molar refractivity (Wildman–Crippen MR) is 56.1 cm³/mol. The monoisotopic (exact) mass is 196 g/mol. The van der Waals surface area contributed by atoms with E-state index in [0.29, 0.717) is 0 Å². The van der Waals surface area contributed by atoms with Gasteiger partial charge < -0.3 is 9.47 Å². The summed E-state index contributed by atoms with van der Waals surface area (Å²) in [6, 6.07) is 0. The number of ether oxygens (including phenoxy) is 2. The van der Waals surface area contributed by atoms with Crippen molar-refractivity contribution in [3.8, 4) is 0 Å². The molecule has 0 N–H and O–H groups in total. The van der Waals surface area contributed by atoms with Gasteiger partial charge in [-0.3, -0.25) is 0 Å². The number of methoxy groups -OCH3 is 1. The lowest BCUT2D eigenvalue weighted by molar-refractivity contribution is 0.00331. The summed E-state index contributed by atoms with van der Waals surface area (Å²) < 4.78 is 10.8. The van der Waals surface area contributed by atoms with E-state index in [0.717, 1.165) is 31.0 Å². The fourth-order valence-corrected chi connectivity index (χ4v) is 2.54. The summed E-state index contributed by atoms with van der Waals surface area (Å²) in [5.41, 5.74) is 0. The molecule has 0 amide bonds. The van der Waals surface area contributed by atoms with E-state index in [1.54, 1.807) is 7.11 Å². The number of allylic oxidation sites excluding steroid dienone is 2. The molecule has 0 radical (unpaired) electrons. The number of hydrogen-bond donors (Lipinski definition) is 0. The molecule has 4 atom stereocenters. The first-order valence-corrected chi connectivity index (χ1v) is 5.58. The van der Waals surface area contributed by atoms with Crippen molar-refractivity contribution in [2.75, 3.05) is 20.3 Å². The Kier molecular flexibility index (Phi) is 3.24. The minimum Gasteiger partial charge on any atom is -0.379 e. The van der Waals surface area contributed by atoms with Gasteiger partial charge in [-0.15, -0.1) is 0 Å². The lowest BCUT2D eigenvalue weighted by atomic mass is 9.95. The molecule has 2 nitrogen and oxygen atoms in total. The Bertz CT molecular complexity index is 212. The van der Waals surface area contributed by atoms with Crippen LogP contribution in [0.4, 0.5) is 0 Å². The van der Waals surface area contributed by atoms with E-state index in [1.165, 1.54) is 12.8 Å². The molecule has 0 saturated heterocycles. The average molecular weight is 196 g/mol. The Morgan fingerprint density at radius 3 is 2.79 bits per heavy atom. The molecule has 0 heterocycles. The Morgan fingerprint density at radius 2 is 2.21 bits per heavy atom. The van der Waals surface area contributed by atoms with Crippen LogP contribution in [-0.4, -0.2) is 26.4 Å². The van der Waals surface area contributed by atoms with Crippen LogP contribution in [-0.2, 0) is 9.47 Å². The van der Waals surface area contributed by atoms with Crippen LogP contribution in [0.5, 0.6) is 0 Å². The van der Waals surface area contributed by atoms with Crippen molar-refractivity contribution in [2.24, 2.45) is 17.8 Å². The van der Waals surface area contributed by atoms with E-state index in [2.05, 4.69) is 12.2 Å². The topological polar surface area (TPSA) is 18.5 Å². The minimum atomic E-state index is 0.226. The van der Waals surface area contributed by atoms with Gasteiger partial charge in [0.2, 0.25) is 0 Å². The van der Waals surface area contributed by atoms with Crippen molar-refractivity contribution in [3.63, 3.8) is 0 Å². The molecule has 0 aromatic carbocycles. The summed E-state index contributed by atoms with van der Waals surface area (Å²) in [6.45, 7) is 3.69. The van der Waals surface area contributed by atoms with Crippen molar-refractivity contribution in [1.29, 1.82) is 0 Å².